The Balaban J connectivity index is 1.59. The third-order valence-electron chi connectivity index (χ3n) is 3.45. The summed E-state index contributed by atoms with van der Waals surface area (Å²) in [6.07, 6.45) is 1.62. The SMILES string of the molecule is O=C(NCc1ccnc(Oc2ccc(F)cc2)c1)C1CNC1. The number of nitrogens with one attached hydrogen (secondary N) is 2. The Morgan fingerprint density at radius 3 is 2.77 bits per heavy atom. The van der Waals surface area contributed by atoms with E-state index in [1.807, 2.05) is 6.07 Å². The second kappa shape index (κ2) is 6.53. The molecule has 3 rings (SSSR count). The van der Waals surface area contributed by atoms with E-state index in [0.29, 0.717) is 18.2 Å². The van der Waals surface area contributed by atoms with Gasteiger partial charge in [0.1, 0.15) is 11.6 Å². The van der Waals surface area contributed by atoms with E-state index in [4.69, 9.17) is 4.74 Å². The van der Waals surface area contributed by atoms with Crippen molar-refractivity contribution in [3.8, 4) is 11.6 Å². The Bertz CT molecular complexity index is 657. The van der Waals surface area contributed by atoms with E-state index < -0.39 is 0 Å². The summed E-state index contributed by atoms with van der Waals surface area (Å²) in [4.78, 5) is 15.9. The highest BCUT2D eigenvalue weighted by molar-refractivity contribution is 5.79. The van der Waals surface area contributed by atoms with Gasteiger partial charge >= 0.3 is 0 Å². The first-order valence-electron chi connectivity index (χ1n) is 7.07. The number of hydrogen-bond donors (Lipinski definition) is 2. The van der Waals surface area contributed by atoms with Crippen LogP contribution in [-0.4, -0.2) is 24.0 Å². The smallest absolute Gasteiger partial charge is 0.225 e. The van der Waals surface area contributed by atoms with Crippen LogP contribution >= 0.6 is 0 Å². The highest BCUT2D eigenvalue weighted by Crippen LogP contribution is 2.20. The highest BCUT2D eigenvalue weighted by Gasteiger charge is 2.24. The Hall–Kier alpha value is -2.47. The standard InChI is InChI=1S/C16H16FN3O2/c17-13-1-3-14(4-2-13)22-15-7-11(5-6-19-15)8-20-16(21)12-9-18-10-12/h1-7,12,18H,8-10H2,(H,20,21). The van der Waals surface area contributed by atoms with E-state index in [0.717, 1.165) is 18.7 Å². The number of halogens is 1. The zero-order valence-electron chi connectivity index (χ0n) is 11.9. The Labute approximate surface area is 127 Å². The van der Waals surface area contributed by atoms with Crippen molar-refractivity contribution in [1.82, 2.24) is 15.6 Å². The molecule has 1 saturated heterocycles. The van der Waals surface area contributed by atoms with Crippen molar-refractivity contribution in [3.63, 3.8) is 0 Å². The van der Waals surface area contributed by atoms with Crippen LogP contribution in [0.25, 0.3) is 0 Å². The van der Waals surface area contributed by atoms with Gasteiger partial charge in [-0.2, -0.15) is 0 Å². The zero-order valence-corrected chi connectivity index (χ0v) is 11.9. The van der Waals surface area contributed by atoms with E-state index in [2.05, 4.69) is 15.6 Å². The van der Waals surface area contributed by atoms with Gasteiger partial charge in [0, 0.05) is 31.9 Å². The van der Waals surface area contributed by atoms with E-state index in [-0.39, 0.29) is 17.6 Å². The molecule has 1 aliphatic rings. The molecule has 0 unspecified atom stereocenters. The van der Waals surface area contributed by atoms with Crippen molar-refractivity contribution >= 4 is 5.91 Å². The average Bonchev–Trinajstić information content (AvgIpc) is 2.46. The van der Waals surface area contributed by atoms with Crippen molar-refractivity contribution < 1.29 is 13.9 Å². The van der Waals surface area contributed by atoms with Gasteiger partial charge in [-0.25, -0.2) is 9.37 Å². The minimum atomic E-state index is -0.317. The number of rotatable bonds is 5. The molecule has 2 N–H and O–H groups in total. The molecule has 0 radical (unpaired) electrons. The first-order chi connectivity index (χ1) is 10.7. The second-order valence-corrected chi connectivity index (χ2v) is 5.13. The predicted octanol–water partition coefficient (Wildman–Crippen LogP) is 1.85. The number of amides is 1. The molecule has 1 amide bonds. The summed E-state index contributed by atoms with van der Waals surface area (Å²) in [5, 5.41) is 5.95. The summed E-state index contributed by atoms with van der Waals surface area (Å²) in [7, 11) is 0. The van der Waals surface area contributed by atoms with E-state index in [1.54, 1.807) is 12.3 Å². The second-order valence-electron chi connectivity index (χ2n) is 5.13. The average molecular weight is 301 g/mol. The van der Waals surface area contributed by atoms with E-state index in [1.165, 1.54) is 24.3 Å². The normalized spacial score (nSPS) is 14.2. The molecule has 114 valence electrons. The highest BCUT2D eigenvalue weighted by atomic mass is 19.1. The summed E-state index contributed by atoms with van der Waals surface area (Å²) >= 11 is 0. The minimum absolute atomic E-state index is 0.0524. The summed E-state index contributed by atoms with van der Waals surface area (Å²) in [5.74, 6) is 0.717. The zero-order chi connectivity index (χ0) is 15.4. The molecule has 0 aliphatic carbocycles. The lowest BCUT2D eigenvalue weighted by molar-refractivity contribution is -0.126. The molecule has 2 aromatic rings. The van der Waals surface area contributed by atoms with Crippen LogP contribution in [0, 0.1) is 11.7 Å². The molecule has 0 saturated carbocycles. The molecule has 1 fully saturated rings. The van der Waals surface area contributed by atoms with Gasteiger partial charge in [-0.3, -0.25) is 4.79 Å². The van der Waals surface area contributed by atoms with Crippen LogP contribution < -0.4 is 15.4 Å². The van der Waals surface area contributed by atoms with Crippen molar-refractivity contribution in [2.24, 2.45) is 5.92 Å². The van der Waals surface area contributed by atoms with Crippen molar-refractivity contribution in [1.29, 1.82) is 0 Å². The van der Waals surface area contributed by atoms with Gasteiger partial charge in [0.05, 0.1) is 5.92 Å². The number of ether oxygens (including phenoxy) is 1. The summed E-state index contributed by atoms with van der Waals surface area (Å²) in [5.41, 5.74) is 0.896. The number of carbonyl (C=O) groups excluding carboxylic acids is 1. The lowest BCUT2D eigenvalue weighted by Gasteiger charge is -2.25. The fourth-order valence-electron chi connectivity index (χ4n) is 2.05. The van der Waals surface area contributed by atoms with Crippen molar-refractivity contribution in [3.05, 3.63) is 54.0 Å². The van der Waals surface area contributed by atoms with E-state index in [9.17, 15) is 9.18 Å². The summed E-state index contributed by atoms with van der Waals surface area (Å²) < 4.78 is 18.4. The number of nitrogens with zero attached hydrogens (tertiary/aromatic N) is 1. The number of pyridine rings is 1. The Kier molecular flexibility index (Phi) is 4.29. The van der Waals surface area contributed by atoms with Crippen LogP contribution in [0.4, 0.5) is 4.39 Å². The third kappa shape index (κ3) is 3.59. The number of hydrogen-bond acceptors (Lipinski definition) is 4. The van der Waals surface area contributed by atoms with Crippen LogP contribution in [0.1, 0.15) is 5.56 Å². The molecule has 5 nitrogen and oxygen atoms in total. The number of benzene rings is 1. The van der Waals surface area contributed by atoms with Crippen LogP contribution in [0.3, 0.4) is 0 Å². The molecule has 1 aromatic carbocycles. The van der Waals surface area contributed by atoms with Gasteiger partial charge in [0.15, 0.2) is 0 Å². The molecule has 2 heterocycles. The van der Waals surface area contributed by atoms with Gasteiger partial charge in [0.2, 0.25) is 11.8 Å². The fraction of sp³-hybridized carbons (Fsp3) is 0.250. The predicted molar refractivity (Wildman–Crippen MR) is 78.9 cm³/mol. The van der Waals surface area contributed by atoms with Crippen LogP contribution in [0.5, 0.6) is 11.6 Å². The lowest BCUT2D eigenvalue weighted by atomic mass is 10.0. The van der Waals surface area contributed by atoms with Crippen molar-refractivity contribution in [2.45, 2.75) is 6.54 Å². The van der Waals surface area contributed by atoms with Crippen LogP contribution in [0.2, 0.25) is 0 Å². The maximum Gasteiger partial charge on any atom is 0.225 e. The largest absolute Gasteiger partial charge is 0.439 e. The molecule has 0 spiro atoms. The van der Waals surface area contributed by atoms with Crippen LogP contribution in [-0.2, 0) is 11.3 Å². The lowest BCUT2D eigenvalue weighted by Crippen LogP contribution is -2.50. The molecule has 6 heteroatoms. The van der Waals surface area contributed by atoms with Gasteiger partial charge in [0.25, 0.3) is 0 Å². The molecule has 1 aromatic heterocycles. The van der Waals surface area contributed by atoms with Gasteiger partial charge in [-0.05, 0) is 35.9 Å². The van der Waals surface area contributed by atoms with E-state index >= 15 is 0 Å². The maximum absolute atomic E-state index is 12.8. The number of aromatic nitrogens is 1. The van der Waals surface area contributed by atoms with Gasteiger partial charge in [-0.1, -0.05) is 0 Å². The van der Waals surface area contributed by atoms with Crippen molar-refractivity contribution in [2.75, 3.05) is 13.1 Å². The molecular formula is C16H16FN3O2. The molecular weight excluding hydrogens is 285 g/mol. The third-order valence-corrected chi connectivity index (χ3v) is 3.45. The molecule has 22 heavy (non-hydrogen) atoms. The summed E-state index contributed by atoms with van der Waals surface area (Å²) in [6, 6.07) is 9.29. The topological polar surface area (TPSA) is 63.2 Å². The number of carbonyl (C=O) groups is 1. The van der Waals surface area contributed by atoms with Gasteiger partial charge in [-0.15, -0.1) is 0 Å². The molecule has 0 bridgehead atoms. The molecule has 1 aliphatic heterocycles. The molecule has 0 atom stereocenters. The fourth-order valence-corrected chi connectivity index (χ4v) is 2.05. The monoisotopic (exact) mass is 301 g/mol. The minimum Gasteiger partial charge on any atom is -0.439 e. The first-order valence-corrected chi connectivity index (χ1v) is 7.07. The van der Waals surface area contributed by atoms with Gasteiger partial charge < -0.3 is 15.4 Å². The van der Waals surface area contributed by atoms with Crippen LogP contribution in [0.15, 0.2) is 42.6 Å². The first kappa shape index (κ1) is 14.5. The Morgan fingerprint density at radius 1 is 1.32 bits per heavy atom. The quantitative estimate of drug-likeness (QED) is 0.884. The Morgan fingerprint density at radius 2 is 2.09 bits per heavy atom. The summed E-state index contributed by atoms with van der Waals surface area (Å²) in [6.45, 7) is 1.90. The maximum atomic E-state index is 12.8.